The maximum atomic E-state index is 13.2. The Morgan fingerprint density at radius 1 is 1.03 bits per heavy atom. The van der Waals surface area contributed by atoms with E-state index in [0.717, 1.165) is 48.8 Å². The van der Waals surface area contributed by atoms with Crippen LogP contribution in [0.25, 0.3) is 10.9 Å². The van der Waals surface area contributed by atoms with Crippen LogP contribution in [-0.2, 0) is 13.0 Å². The van der Waals surface area contributed by atoms with E-state index in [1.54, 1.807) is 0 Å². The quantitative estimate of drug-likeness (QED) is 0.524. The molecule has 7 heteroatoms. The van der Waals surface area contributed by atoms with Gasteiger partial charge in [-0.15, -0.1) is 5.10 Å². The fourth-order valence-corrected chi connectivity index (χ4v) is 4.47. The number of aryl methyl sites for hydroxylation is 1. The number of H-pyrrole nitrogens is 1. The van der Waals surface area contributed by atoms with E-state index in [1.165, 1.54) is 5.56 Å². The summed E-state index contributed by atoms with van der Waals surface area (Å²) in [6, 6.07) is 18.1. The molecule has 0 radical (unpaired) electrons. The molecule has 2 aromatic heterocycles. The average molecular weight is 415 g/mol. The Balaban J connectivity index is 1.62. The van der Waals surface area contributed by atoms with Crippen molar-refractivity contribution in [1.29, 1.82) is 0 Å². The van der Waals surface area contributed by atoms with Gasteiger partial charge in [0.25, 0.3) is 5.56 Å². The van der Waals surface area contributed by atoms with Gasteiger partial charge in [-0.2, -0.15) is 0 Å². The van der Waals surface area contributed by atoms with Crippen molar-refractivity contribution in [3.8, 4) is 0 Å². The summed E-state index contributed by atoms with van der Waals surface area (Å²) in [5.41, 5.74) is 3.85. The molecule has 1 aliphatic rings. The van der Waals surface area contributed by atoms with Crippen molar-refractivity contribution < 1.29 is 0 Å². The van der Waals surface area contributed by atoms with E-state index in [4.69, 9.17) is 0 Å². The van der Waals surface area contributed by atoms with E-state index >= 15 is 0 Å². The predicted molar refractivity (Wildman–Crippen MR) is 120 cm³/mol. The highest BCUT2D eigenvalue weighted by Crippen LogP contribution is 2.30. The molecule has 3 heterocycles. The maximum Gasteiger partial charge on any atom is 0.253 e. The Kier molecular flexibility index (Phi) is 5.34. The summed E-state index contributed by atoms with van der Waals surface area (Å²) < 4.78 is 1.82. The standard InChI is InChI=1S/C24H26N6O/c1-2-17-10-11-21-19(14-17)15-20(24(31)25-21)22(29-12-6-7-13-29)23-26-27-28-30(23)16-18-8-4-3-5-9-18/h3-5,8-11,14-15,22H,2,6-7,12-13,16H2,1H3,(H,25,31). The fourth-order valence-electron chi connectivity index (χ4n) is 4.47. The smallest absolute Gasteiger partial charge is 0.253 e. The van der Waals surface area contributed by atoms with E-state index in [9.17, 15) is 4.79 Å². The Morgan fingerprint density at radius 3 is 2.61 bits per heavy atom. The minimum Gasteiger partial charge on any atom is -0.322 e. The van der Waals surface area contributed by atoms with E-state index in [2.05, 4.69) is 56.6 Å². The Bertz CT molecular complexity index is 1240. The van der Waals surface area contributed by atoms with Crippen molar-refractivity contribution in [3.05, 3.63) is 87.5 Å². The number of nitrogens with one attached hydrogen (secondary N) is 1. The lowest BCUT2D eigenvalue weighted by Gasteiger charge is -2.26. The topological polar surface area (TPSA) is 79.7 Å². The Labute approximate surface area is 180 Å². The van der Waals surface area contributed by atoms with Gasteiger partial charge in [0, 0.05) is 11.1 Å². The van der Waals surface area contributed by atoms with Crippen LogP contribution in [0.2, 0.25) is 0 Å². The number of rotatable bonds is 6. The second kappa shape index (κ2) is 8.43. The van der Waals surface area contributed by atoms with Gasteiger partial charge in [-0.05, 0) is 77.5 Å². The summed E-state index contributed by atoms with van der Waals surface area (Å²) >= 11 is 0. The van der Waals surface area contributed by atoms with Gasteiger partial charge >= 0.3 is 0 Å². The first-order valence-electron chi connectivity index (χ1n) is 10.9. The molecule has 0 spiro atoms. The monoisotopic (exact) mass is 414 g/mol. The SMILES string of the molecule is CCc1ccc2[nH]c(=O)c(C(c3nnnn3Cc3ccccc3)N3CCCC3)cc2c1. The molecule has 158 valence electrons. The number of benzene rings is 2. The molecule has 1 atom stereocenters. The van der Waals surface area contributed by atoms with Gasteiger partial charge in [-0.25, -0.2) is 4.68 Å². The molecule has 1 fully saturated rings. The Morgan fingerprint density at radius 2 is 1.84 bits per heavy atom. The molecule has 1 unspecified atom stereocenters. The zero-order chi connectivity index (χ0) is 21.2. The van der Waals surface area contributed by atoms with Crippen LogP contribution in [0.1, 0.15) is 48.3 Å². The summed E-state index contributed by atoms with van der Waals surface area (Å²) in [6.07, 6.45) is 3.18. The van der Waals surface area contributed by atoms with Gasteiger partial charge in [0.1, 0.15) is 6.04 Å². The van der Waals surface area contributed by atoms with Crippen LogP contribution in [0.4, 0.5) is 0 Å². The van der Waals surface area contributed by atoms with Crippen molar-refractivity contribution >= 4 is 10.9 Å². The van der Waals surface area contributed by atoms with Crippen molar-refractivity contribution in [2.75, 3.05) is 13.1 Å². The number of pyridine rings is 1. The van der Waals surface area contributed by atoms with E-state index in [-0.39, 0.29) is 11.6 Å². The number of fused-ring (bicyclic) bond motifs is 1. The van der Waals surface area contributed by atoms with Crippen LogP contribution in [0.5, 0.6) is 0 Å². The van der Waals surface area contributed by atoms with Crippen molar-refractivity contribution in [2.24, 2.45) is 0 Å². The number of aromatic nitrogens is 5. The van der Waals surface area contributed by atoms with Gasteiger partial charge in [0.2, 0.25) is 0 Å². The number of hydrogen-bond acceptors (Lipinski definition) is 5. The zero-order valence-electron chi connectivity index (χ0n) is 17.7. The number of aromatic amines is 1. The second-order valence-corrected chi connectivity index (χ2v) is 8.15. The Hall–Kier alpha value is -3.32. The van der Waals surface area contributed by atoms with Crippen LogP contribution < -0.4 is 5.56 Å². The predicted octanol–water partition coefficient (Wildman–Crippen LogP) is 3.31. The lowest BCUT2D eigenvalue weighted by molar-refractivity contribution is 0.263. The van der Waals surface area contributed by atoms with Gasteiger partial charge in [-0.3, -0.25) is 9.69 Å². The maximum absolute atomic E-state index is 13.2. The summed E-state index contributed by atoms with van der Waals surface area (Å²) in [5.74, 6) is 0.710. The molecule has 7 nitrogen and oxygen atoms in total. The lowest BCUT2D eigenvalue weighted by atomic mass is 10.0. The molecule has 2 aromatic carbocycles. The third kappa shape index (κ3) is 3.88. The molecular formula is C24H26N6O. The number of likely N-dealkylation sites (tertiary alicyclic amines) is 1. The molecule has 1 saturated heterocycles. The minimum absolute atomic E-state index is 0.0806. The number of tetrazole rings is 1. The zero-order valence-corrected chi connectivity index (χ0v) is 17.7. The van der Waals surface area contributed by atoms with Gasteiger partial charge in [-0.1, -0.05) is 43.3 Å². The first-order valence-corrected chi connectivity index (χ1v) is 10.9. The van der Waals surface area contributed by atoms with Gasteiger partial charge in [0.05, 0.1) is 6.54 Å². The molecule has 0 amide bonds. The van der Waals surface area contributed by atoms with Crippen LogP contribution in [-0.4, -0.2) is 43.2 Å². The highest BCUT2D eigenvalue weighted by Gasteiger charge is 2.32. The van der Waals surface area contributed by atoms with E-state index < -0.39 is 0 Å². The largest absolute Gasteiger partial charge is 0.322 e. The van der Waals surface area contributed by atoms with Gasteiger partial charge in [0.15, 0.2) is 5.82 Å². The highest BCUT2D eigenvalue weighted by atomic mass is 16.1. The molecule has 1 aliphatic heterocycles. The summed E-state index contributed by atoms with van der Waals surface area (Å²) in [7, 11) is 0. The number of hydrogen-bond donors (Lipinski definition) is 1. The van der Waals surface area contributed by atoms with Crippen LogP contribution in [0, 0.1) is 0 Å². The minimum atomic E-state index is -0.278. The highest BCUT2D eigenvalue weighted by molar-refractivity contribution is 5.80. The van der Waals surface area contributed by atoms with Crippen LogP contribution in [0.15, 0.2) is 59.4 Å². The molecule has 31 heavy (non-hydrogen) atoms. The molecular weight excluding hydrogens is 388 g/mol. The third-order valence-corrected chi connectivity index (χ3v) is 6.13. The normalized spacial score (nSPS) is 15.5. The van der Waals surface area contributed by atoms with E-state index in [0.29, 0.717) is 17.9 Å². The molecule has 0 aliphatic carbocycles. The van der Waals surface area contributed by atoms with Gasteiger partial charge < -0.3 is 4.98 Å². The molecule has 4 aromatic rings. The molecule has 1 N–H and O–H groups in total. The summed E-state index contributed by atoms with van der Waals surface area (Å²) in [4.78, 5) is 18.6. The molecule has 0 bridgehead atoms. The molecule has 0 saturated carbocycles. The second-order valence-electron chi connectivity index (χ2n) is 8.15. The summed E-state index contributed by atoms with van der Waals surface area (Å²) in [5, 5.41) is 13.7. The first kappa shape index (κ1) is 19.6. The van der Waals surface area contributed by atoms with Crippen molar-refractivity contribution in [3.63, 3.8) is 0 Å². The lowest BCUT2D eigenvalue weighted by Crippen LogP contribution is -2.33. The first-order chi connectivity index (χ1) is 15.2. The third-order valence-electron chi connectivity index (χ3n) is 6.13. The summed E-state index contributed by atoms with van der Waals surface area (Å²) in [6.45, 7) is 4.56. The number of nitrogens with zero attached hydrogens (tertiary/aromatic N) is 5. The average Bonchev–Trinajstić information content (AvgIpc) is 3.48. The van der Waals surface area contributed by atoms with Crippen molar-refractivity contribution in [2.45, 2.75) is 38.8 Å². The van der Waals surface area contributed by atoms with Crippen LogP contribution >= 0.6 is 0 Å². The fraction of sp³-hybridized carbons (Fsp3) is 0.333. The molecule has 5 rings (SSSR count). The van der Waals surface area contributed by atoms with Crippen LogP contribution in [0.3, 0.4) is 0 Å². The van der Waals surface area contributed by atoms with E-state index in [1.807, 2.05) is 35.0 Å². The van der Waals surface area contributed by atoms with Crippen molar-refractivity contribution in [1.82, 2.24) is 30.1 Å².